The third-order valence-corrected chi connectivity index (χ3v) is 6.77. The summed E-state index contributed by atoms with van der Waals surface area (Å²) in [7, 11) is 4.67. The average Bonchev–Trinajstić information content (AvgIpc) is 3.47. The van der Waals surface area contributed by atoms with Gasteiger partial charge < -0.3 is 18.9 Å². The number of methoxy groups -OCH3 is 3. The fourth-order valence-electron chi connectivity index (χ4n) is 5.35. The van der Waals surface area contributed by atoms with Crippen molar-refractivity contribution in [3.63, 3.8) is 0 Å². The van der Waals surface area contributed by atoms with Crippen LogP contribution in [-0.2, 0) is 15.3 Å². The molecule has 0 aliphatic carbocycles. The second-order valence-corrected chi connectivity index (χ2v) is 8.37. The van der Waals surface area contributed by atoms with Crippen LogP contribution >= 0.6 is 0 Å². The molecule has 3 aliphatic heterocycles. The van der Waals surface area contributed by atoms with Gasteiger partial charge in [-0.2, -0.15) is 0 Å². The maximum Gasteiger partial charge on any atom is 0.269 e. The molecule has 0 unspecified atom stereocenters. The van der Waals surface area contributed by atoms with Gasteiger partial charge in [-0.1, -0.05) is 0 Å². The minimum atomic E-state index is -1.02. The molecule has 1 amide bonds. The Kier molecular flexibility index (Phi) is 5.13. The van der Waals surface area contributed by atoms with E-state index in [2.05, 4.69) is 0 Å². The van der Waals surface area contributed by atoms with Crippen LogP contribution in [0.1, 0.15) is 30.1 Å². The Balaban J connectivity index is 1.58. The molecule has 3 aliphatic rings. The lowest BCUT2D eigenvalue weighted by atomic mass is 9.87. The highest BCUT2D eigenvalue weighted by atomic mass is 16.6. The lowest BCUT2D eigenvalue weighted by molar-refractivity contribution is -0.384. The summed E-state index contributed by atoms with van der Waals surface area (Å²) < 4.78 is 23.2. The second kappa shape index (κ2) is 7.89. The Labute approximate surface area is 190 Å². The summed E-state index contributed by atoms with van der Waals surface area (Å²) in [4.78, 5) is 23.7. The highest BCUT2D eigenvalue weighted by Gasteiger charge is 2.63. The second-order valence-electron chi connectivity index (χ2n) is 8.37. The standard InChI is InChI=1S/C23H25N3O7/c1-30-19-10-14(11-20(31-2)22(19)32-3)18-12-16-13-24-9-8-21(27)25(24)23(16,33-18)15-4-6-17(7-5-15)26(28)29/h4-7,10-11,16,18H,8-9,12-13H2,1-3H3/t16-,18-,23+/m0/s1. The van der Waals surface area contributed by atoms with E-state index >= 15 is 0 Å². The largest absolute Gasteiger partial charge is 0.493 e. The van der Waals surface area contributed by atoms with E-state index in [1.165, 1.54) is 12.1 Å². The van der Waals surface area contributed by atoms with Crippen LogP contribution in [0, 0.1) is 16.0 Å². The summed E-state index contributed by atoms with van der Waals surface area (Å²) in [6, 6.07) is 10.0. The van der Waals surface area contributed by atoms with Gasteiger partial charge in [0, 0.05) is 43.1 Å². The molecular formula is C23H25N3O7. The molecule has 2 aromatic carbocycles. The normalized spacial score (nSPS) is 26.3. The molecule has 0 bridgehead atoms. The number of nitro groups is 1. The van der Waals surface area contributed by atoms with Gasteiger partial charge >= 0.3 is 0 Å². The zero-order valence-electron chi connectivity index (χ0n) is 18.6. The molecule has 174 valence electrons. The predicted octanol–water partition coefficient (Wildman–Crippen LogP) is 3.01. The van der Waals surface area contributed by atoms with Crippen LogP contribution in [0.2, 0.25) is 0 Å². The summed E-state index contributed by atoms with van der Waals surface area (Å²) in [5.41, 5.74) is 0.547. The lowest BCUT2D eigenvalue weighted by Crippen LogP contribution is -2.48. The van der Waals surface area contributed by atoms with Crippen LogP contribution in [0.5, 0.6) is 17.2 Å². The highest BCUT2D eigenvalue weighted by Crippen LogP contribution is 2.58. The Bertz CT molecular complexity index is 1080. The van der Waals surface area contributed by atoms with Crippen LogP contribution in [0.15, 0.2) is 36.4 Å². The number of hydrazine groups is 1. The maximum absolute atomic E-state index is 12.9. The predicted molar refractivity (Wildman–Crippen MR) is 116 cm³/mol. The Morgan fingerprint density at radius 2 is 1.76 bits per heavy atom. The fraction of sp³-hybridized carbons (Fsp3) is 0.435. The van der Waals surface area contributed by atoms with E-state index in [-0.39, 0.29) is 23.6 Å². The molecule has 5 rings (SSSR count). The number of rotatable bonds is 6. The van der Waals surface area contributed by atoms with Crippen molar-refractivity contribution in [2.75, 3.05) is 34.4 Å². The topological polar surface area (TPSA) is 104 Å². The summed E-state index contributed by atoms with van der Waals surface area (Å²) in [6.45, 7) is 1.31. The van der Waals surface area contributed by atoms with Gasteiger partial charge in [-0.25, -0.2) is 10.0 Å². The first-order chi connectivity index (χ1) is 15.9. The van der Waals surface area contributed by atoms with Crippen molar-refractivity contribution in [2.24, 2.45) is 5.92 Å². The Hall–Kier alpha value is -3.37. The van der Waals surface area contributed by atoms with Gasteiger partial charge in [-0.05, 0) is 36.2 Å². The Morgan fingerprint density at radius 3 is 2.33 bits per heavy atom. The van der Waals surface area contributed by atoms with E-state index in [1.54, 1.807) is 38.5 Å². The van der Waals surface area contributed by atoms with Crippen molar-refractivity contribution in [3.05, 3.63) is 57.6 Å². The lowest BCUT2D eigenvalue weighted by Gasteiger charge is -2.38. The molecule has 3 fully saturated rings. The molecule has 3 atom stereocenters. The Morgan fingerprint density at radius 1 is 1.09 bits per heavy atom. The number of non-ortho nitro benzene ring substituents is 1. The number of nitro benzene ring substituents is 1. The van der Waals surface area contributed by atoms with Crippen LogP contribution in [0.4, 0.5) is 5.69 Å². The molecule has 33 heavy (non-hydrogen) atoms. The molecule has 10 nitrogen and oxygen atoms in total. The van der Waals surface area contributed by atoms with Crippen LogP contribution in [-0.4, -0.2) is 55.3 Å². The minimum Gasteiger partial charge on any atom is -0.493 e. The molecular weight excluding hydrogens is 430 g/mol. The van der Waals surface area contributed by atoms with Gasteiger partial charge in [0.1, 0.15) is 0 Å². The number of fused-ring (bicyclic) bond motifs is 3. The molecule has 2 aromatic rings. The van der Waals surface area contributed by atoms with E-state index < -0.39 is 10.6 Å². The van der Waals surface area contributed by atoms with Gasteiger partial charge in [0.2, 0.25) is 11.7 Å². The van der Waals surface area contributed by atoms with Crippen molar-refractivity contribution < 1.29 is 28.7 Å². The quantitative estimate of drug-likeness (QED) is 0.484. The minimum absolute atomic E-state index is 0.00604. The van der Waals surface area contributed by atoms with E-state index in [9.17, 15) is 14.9 Å². The molecule has 0 radical (unpaired) electrons. The van der Waals surface area contributed by atoms with Gasteiger partial charge in [-0.3, -0.25) is 14.9 Å². The van der Waals surface area contributed by atoms with E-state index in [4.69, 9.17) is 18.9 Å². The van der Waals surface area contributed by atoms with Crippen LogP contribution in [0.25, 0.3) is 0 Å². The van der Waals surface area contributed by atoms with Crippen LogP contribution in [0.3, 0.4) is 0 Å². The van der Waals surface area contributed by atoms with Crippen molar-refractivity contribution in [1.82, 2.24) is 10.0 Å². The van der Waals surface area contributed by atoms with Gasteiger partial charge in [0.05, 0.1) is 32.4 Å². The maximum atomic E-state index is 12.9. The van der Waals surface area contributed by atoms with Crippen molar-refractivity contribution >= 4 is 11.6 Å². The smallest absolute Gasteiger partial charge is 0.269 e. The van der Waals surface area contributed by atoms with E-state index in [0.29, 0.717) is 43.2 Å². The first-order valence-electron chi connectivity index (χ1n) is 10.7. The number of amides is 1. The van der Waals surface area contributed by atoms with Crippen molar-refractivity contribution in [2.45, 2.75) is 24.7 Å². The summed E-state index contributed by atoms with van der Waals surface area (Å²) in [6.07, 6.45) is 0.740. The summed E-state index contributed by atoms with van der Waals surface area (Å²) >= 11 is 0. The SMILES string of the molecule is COc1cc([C@@H]2C[C@H]3CN4CCC(=O)N4[C@]3(c3ccc([N+](=O)[O-])cc3)O2)cc(OC)c1OC. The van der Waals surface area contributed by atoms with Gasteiger partial charge in [0.15, 0.2) is 17.2 Å². The molecule has 0 saturated carbocycles. The summed E-state index contributed by atoms with van der Waals surface area (Å²) in [5.74, 6) is 1.52. The van der Waals surface area contributed by atoms with Crippen molar-refractivity contribution in [1.29, 1.82) is 0 Å². The number of benzene rings is 2. The van der Waals surface area contributed by atoms with Crippen LogP contribution < -0.4 is 14.2 Å². The fourth-order valence-corrected chi connectivity index (χ4v) is 5.35. The average molecular weight is 455 g/mol. The third-order valence-electron chi connectivity index (χ3n) is 6.77. The number of hydrogen-bond donors (Lipinski definition) is 0. The number of ether oxygens (including phenoxy) is 4. The molecule has 0 N–H and O–H groups in total. The molecule has 3 saturated heterocycles. The van der Waals surface area contributed by atoms with Gasteiger partial charge in [-0.15, -0.1) is 0 Å². The van der Waals surface area contributed by atoms with E-state index in [1.807, 2.05) is 17.1 Å². The monoisotopic (exact) mass is 455 g/mol. The van der Waals surface area contributed by atoms with Gasteiger partial charge in [0.25, 0.3) is 5.69 Å². The third kappa shape index (κ3) is 3.12. The van der Waals surface area contributed by atoms with E-state index in [0.717, 1.165) is 11.1 Å². The first kappa shape index (κ1) is 21.5. The zero-order valence-corrected chi connectivity index (χ0v) is 18.6. The molecule has 0 spiro atoms. The molecule has 0 aromatic heterocycles. The highest BCUT2D eigenvalue weighted by molar-refractivity contribution is 5.79. The summed E-state index contributed by atoms with van der Waals surface area (Å²) in [5, 5.41) is 14.9. The molecule has 3 heterocycles. The van der Waals surface area contributed by atoms with Crippen molar-refractivity contribution in [3.8, 4) is 17.2 Å². The number of nitrogens with zero attached hydrogens (tertiary/aromatic N) is 3. The zero-order chi connectivity index (χ0) is 23.3. The first-order valence-corrected chi connectivity index (χ1v) is 10.7. The number of carbonyl (C=O) groups is 1. The number of carbonyl (C=O) groups excluding carboxylic acids is 1. The molecule has 10 heteroatoms. The number of hydrogen-bond acceptors (Lipinski definition) is 8.